The minimum Gasteiger partial charge on any atom is -0.493 e. The molecule has 9 heteroatoms. The Morgan fingerprint density at radius 1 is 1.18 bits per heavy atom. The van der Waals surface area contributed by atoms with Crippen molar-refractivity contribution >= 4 is 27.6 Å². The third-order valence-electron chi connectivity index (χ3n) is 4.51. The minimum atomic E-state index is -3.57. The maximum absolute atomic E-state index is 11.8. The average Bonchev–Trinajstić information content (AvgIpc) is 2.68. The fourth-order valence-electron chi connectivity index (χ4n) is 3.26. The third-order valence-corrected chi connectivity index (χ3v) is 5.68. The minimum absolute atomic E-state index is 0.0662. The van der Waals surface area contributed by atoms with Gasteiger partial charge in [-0.1, -0.05) is 25.1 Å². The van der Waals surface area contributed by atoms with Gasteiger partial charge in [-0.3, -0.25) is 4.72 Å². The lowest BCUT2D eigenvalue weighted by atomic mass is 10.0. The number of rotatable bonds is 5. The number of aliphatic imine (C=N–C) groups is 1. The normalized spacial score (nSPS) is 18.0. The van der Waals surface area contributed by atoms with Crippen molar-refractivity contribution in [1.82, 2.24) is 10.0 Å². The summed E-state index contributed by atoms with van der Waals surface area (Å²) in [6, 6.07) is 13.6. The Morgan fingerprint density at radius 3 is 2.89 bits per heavy atom. The van der Waals surface area contributed by atoms with Crippen LogP contribution in [0.25, 0.3) is 0 Å². The Balaban J connectivity index is 1.50. The topological polar surface area (TPSA) is 101 Å². The first-order valence-electron chi connectivity index (χ1n) is 9.14. The molecule has 0 spiro atoms. The fraction of sp³-hybridized carbons (Fsp3) is 0.316. The van der Waals surface area contributed by atoms with Crippen molar-refractivity contribution < 1.29 is 17.9 Å². The molecule has 0 bridgehead atoms. The van der Waals surface area contributed by atoms with Crippen LogP contribution in [-0.4, -0.2) is 27.6 Å². The van der Waals surface area contributed by atoms with E-state index >= 15 is 0 Å². The van der Waals surface area contributed by atoms with Crippen molar-refractivity contribution in [3.05, 3.63) is 53.6 Å². The van der Waals surface area contributed by atoms with Gasteiger partial charge in [0.25, 0.3) is 16.2 Å². The number of para-hydroxylation sites is 1. The monoisotopic (exact) mass is 402 g/mol. The largest absolute Gasteiger partial charge is 0.493 e. The van der Waals surface area contributed by atoms with Crippen LogP contribution in [0, 0.1) is 0 Å². The van der Waals surface area contributed by atoms with Crippen LogP contribution in [0.4, 0.5) is 11.4 Å². The molecule has 148 valence electrons. The number of nitrogens with one attached hydrogen (secondary N) is 3. The summed E-state index contributed by atoms with van der Waals surface area (Å²) >= 11 is 0. The zero-order valence-electron chi connectivity index (χ0n) is 15.4. The summed E-state index contributed by atoms with van der Waals surface area (Å²) in [5, 5.41) is 3.35. The number of benzene rings is 2. The highest BCUT2D eigenvalue weighted by Crippen LogP contribution is 2.33. The molecule has 2 aromatic carbocycles. The molecule has 0 saturated heterocycles. The standard InChI is InChI=1S/C19H22N4O4S/c1-2-20-28(24,25)23-14-7-8-16-13(11-14)12-27-19(21-16)22-17-9-10-26-18-6-4-3-5-15(17)18/h3-8,11,17,20,23H,2,9-10,12H2,1H3,(H,21,22). The van der Waals surface area contributed by atoms with Gasteiger partial charge in [0.15, 0.2) is 0 Å². The molecule has 0 radical (unpaired) electrons. The highest BCUT2D eigenvalue weighted by Gasteiger charge is 2.24. The van der Waals surface area contributed by atoms with Gasteiger partial charge in [0, 0.05) is 24.1 Å². The van der Waals surface area contributed by atoms with Crippen molar-refractivity contribution in [2.24, 2.45) is 4.99 Å². The van der Waals surface area contributed by atoms with E-state index in [0.717, 1.165) is 29.0 Å². The maximum atomic E-state index is 11.8. The molecule has 2 aliphatic rings. The summed E-state index contributed by atoms with van der Waals surface area (Å²) in [6.45, 7) is 2.98. The summed E-state index contributed by atoms with van der Waals surface area (Å²) in [4.78, 5) is 4.54. The smallest absolute Gasteiger partial charge is 0.299 e. The SMILES string of the molecule is CCNS(=O)(=O)Nc1ccc2c(c1)COC(NC1CCOc3ccccc31)=N2. The molecule has 0 saturated carbocycles. The zero-order chi connectivity index (χ0) is 19.6. The van der Waals surface area contributed by atoms with Crippen LogP contribution in [0.2, 0.25) is 0 Å². The first-order valence-corrected chi connectivity index (χ1v) is 10.6. The number of anilines is 1. The van der Waals surface area contributed by atoms with Crippen molar-refractivity contribution in [2.75, 3.05) is 17.9 Å². The summed E-state index contributed by atoms with van der Waals surface area (Å²) in [6.07, 6.45) is 0.817. The van der Waals surface area contributed by atoms with E-state index < -0.39 is 10.2 Å². The second kappa shape index (κ2) is 7.69. The van der Waals surface area contributed by atoms with Gasteiger partial charge in [-0.25, -0.2) is 0 Å². The van der Waals surface area contributed by atoms with E-state index in [9.17, 15) is 8.42 Å². The second-order valence-corrected chi connectivity index (χ2v) is 8.02. The molecule has 3 N–H and O–H groups in total. The maximum Gasteiger partial charge on any atom is 0.299 e. The van der Waals surface area contributed by atoms with Crippen LogP contribution in [0.15, 0.2) is 47.5 Å². The fourth-order valence-corrected chi connectivity index (χ4v) is 4.15. The summed E-state index contributed by atoms with van der Waals surface area (Å²) in [5.74, 6) is 0.876. The molecule has 0 fully saturated rings. The van der Waals surface area contributed by atoms with Gasteiger partial charge in [-0.15, -0.1) is 0 Å². The number of fused-ring (bicyclic) bond motifs is 2. The Labute approximate surface area is 164 Å². The summed E-state index contributed by atoms with van der Waals surface area (Å²) < 4.78 is 40.0. The quantitative estimate of drug-likeness (QED) is 0.714. The molecule has 8 nitrogen and oxygen atoms in total. The summed E-state index contributed by atoms with van der Waals surface area (Å²) in [7, 11) is -3.57. The Morgan fingerprint density at radius 2 is 2.04 bits per heavy atom. The first kappa shape index (κ1) is 18.6. The van der Waals surface area contributed by atoms with E-state index in [1.54, 1.807) is 25.1 Å². The van der Waals surface area contributed by atoms with Gasteiger partial charge < -0.3 is 14.8 Å². The molecule has 2 aromatic rings. The summed E-state index contributed by atoms with van der Waals surface area (Å²) in [5.41, 5.74) is 3.11. The molecule has 0 amide bonds. The van der Waals surface area contributed by atoms with Gasteiger partial charge in [0.05, 0.1) is 24.0 Å². The molecule has 1 atom stereocenters. The molecule has 28 heavy (non-hydrogen) atoms. The van der Waals surface area contributed by atoms with E-state index in [1.165, 1.54) is 0 Å². The van der Waals surface area contributed by atoms with Crippen LogP contribution in [0.5, 0.6) is 5.75 Å². The van der Waals surface area contributed by atoms with Crippen LogP contribution in [0.3, 0.4) is 0 Å². The lowest BCUT2D eigenvalue weighted by Gasteiger charge is -2.28. The van der Waals surface area contributed by atoms with Crippen LogP contribution >= 0.6 is 0 Å². The number of hydrogen-bond acceptors (Lipinski definition) is 6. The van der Waals surface area contributed by atoms with Gasteiger partial charge >= 0.3 is 0 Å². The molecule has 0 aromatic heterocycles. The molecular formula is C19H22N4O4S. The first-order chi connectivity index (χ1) is 13.5. The highest BCUT2D eigenvalue weighted by atomic mass is 32.2. The average molecular weight is 402 g/mol. The number of ether oxygens (including phenoxy) is 2. The zero-order valence-corrected chi connectivity index (χ0v) is 16.3. The molecule has 2 aliphatic heterocycles. The van der Waals surface area contributed by atoms with Crippen LogP contribution in [0.1, 0.15) is 30.5 Å². The van der Waals surface area contributed by atoms with E-state index in [2.05, 4.69) is 19.8 Å². The molecule has 0 aliphatic carbocycles. The lowest BCUT2D eigenvalue weighted by molar-refractivity contribution is 0.238. The second-order valence-electron chi connectivity index (χ2n) is 6.52. The molecular weight excluding hydrogens is 380 g/mol. The predicted molar refractivity (Wildman–Crippen MR) is 107 cm³/mol. The van der Waals surface area contributed by atoms with Crippen molar-refractivity contribution in [3.63, 3.8) is 0 Å². The van der Waals surface area contributed by atoms with E-state index in [0.29, 0.717) is 31.5 Å². The molecule has 4 rings (SSSR count). The lowest BCUT2D eigenvalue weighted by Crippen LogP contribution is -2.34. The Kier molecular flexibility index (Phi) is 5.10. The molecule has 2 heterocycles. The predicted octanol–water partition coefficient (Wildman–Crippen LogP) is 2.58. The van der Waals surface area contributed by atoms with E-state index in [-0.39, 0.29) is 6.04 Å². The Bertz CT molecular complexity index is 1010. The van der Waals surface area contributed by atoms with Crippen molar-refractivity contribution in [3.8, 4) is 5.75 Å². The number of hydrogen-bond donors (Lipinski definition) is 3. The highest BCUT2D eigenvalue weighted by molar-refractivity contribution is 7.90. The van der Waals surface area contributed by atoms with E-state index in [4.69, 9.17) is 9.47 Å². The Hall–Kier alpha value is -2.78. The number of nitrogens with zero attached hydrogens (tertiary/aromatic N) is 1. The van der Waals surface area contributed by atoms with Crippen LogP contribution in [-0.2, 0) is 21.6 Å². The third kappa shape index (κ3) is 4.05. The van der Waals surface area contributed by atoms with Crippen molar-refractivity contribution in [2.45, 2.75) is 26.0 Å². The molecule has 1 unspecified atom stereocenters. The van der Waals surface area contributed by atoms with Gasteiger partial charge in [0.1, 0.15) is 12.4 Å². The van der Waals surface area contributed by atoms with Gasteiger partial charge in [-0.05, 0) is 24.3 Å². The van der Waals surface area contributed by atoms with E-state index in [1.807, 2.05) is 24.3 Å². The van der Waals surface area contributed by atoms with Gasteiger partial charge in [-0.2, -0.15) is 18.1 Å². The van der Waals surface area contributed by atoms with Crippen LogP contribution < -0.4 is 19.5 Å². The van der Waals surface area contributed by atoms with Crippen molar-refractivity contribution in [1.29, 1.82) is 0 Å². The number of amidine groups is 1. The van der Waals surface area contributed by atoms with Gasteiger partial charge in [0.2, 0.25) is 0 Å².